The third kappa shape index (κ3) is 3.15. The first-order valence-electron chi connectivity index (χ1n) is 8.60. The smallest absolute Gasteiger partial charge is 0.130 e. The second kappa shape index (κ2) is 6.91. The number of hydrogen-bond donors (Lipinski definition) is 1. The Labute approximate surface area is 153 Å². The average Bonchev–Trinajstić information content (AvgIpc) is 3.05. The second-order valence-electron chi connectivity index (χ2n) is 6.38. The zero-order chi connectivity index (χ0) is 17.2. The van der Waals surface area contributed by atoms with Crippen molar-refractivity contribution in [3.05, 3.63) is 77.3 Å². The van der Waals surface area contributed by atoms with Crippen LogP contribution in [0.25, 0.3) is 22.3 Å². The monoisotopic (exact) mass is 349 g/mol. The summed E-state index contributed by atoms with van der Waals surface area (Å²) in [6.07, 6.45) is 1.90. The van der Waals surface area contributed by atoms with Crippen molar-refractivity contribution >= 4 is 11.6 Å². The Bertz CT molecular complexity index is 892. The molecular weight excluding hydrogens is 330 g/mol. The van der Waals surface area contributed by atoms with Gasteiger partial charge in [-0.25, -0.2) is 0 Å². The molecule has 0 aromatic heterocycles. The molecule has 1 heterocycles. The molecule has 1 unspecified atom stereocenters. The summed E-state index contributed by atoms with van der Waals surface area (Å²) in [5, 5.41) is 0.737. The highest BCUT2D eigenvalue weighted by Crippen LogP contribution is 2.44. The molecule has 0 fully saturated rings. The van der Waals surface area contributed by atoms with Crippen LogP contribution in [0, 0.1) is 0 Å². The topological polar surface area (TPSA) is 35.2 Å². The standard InChI is InChI=1S/C22H20ClNO/c23-21-9-5-4-8-19(21)20-14-16(15-6-2-1-3-7-15)12-17-13-18(10-11-24)25-22(17)20/h1-9,12,14,18H,10-11,13,24H2. The summed E-state index contributed by atoms with van der Waals surface area (Å²) in [4.78, 5) is 0. The Balaban J connectivity index is 1.88. The molecule has 1 aliphatic heterocycles. The van der Waals surface area contributed by atoms with E-state index in [1.807, 2.05) is 30.3 Å². The maximum absolute atomic E-state index is 6.48. The lowest BCUT2D eigenvalue weighted by Gasteiger charge is -2.14. The molecule has 25 heavy (non-hydrogen) atoms. The van der Waals surface area contributed by atoms with Crippen LogP contribution < -0.4 is 10.5 Å². The lowest BCUT2D eigenvalue weighted by Crippen LogP contribution is -2.17. The van der Waals surface area contributed by atoms with E-state index >= 15 is 0 Å². The van der Waals surface area contributed by atoms with Crippen molar-refractivity contribution in [1.29, 1.82) is 0 Å². The molecule has 0 saturated heterocycles. The van der Waals surface area contributed by atoms with Gasteiger partial charge in [0, 0.05) is 22.6 Å². The van der Waals surface area contributed by atoms with E-state index in [9.17, 15) is 0 Å². The molecule has 1 aliphatic rings. The lowest BCUT2D eigenvalue weighted by molar-refractivity contribution is 0.225. The highest BCUT2D eigenvalue weighted by Gasteiger charge is 2.27. The lowest BCUT2D eigenvalue weighted by atomic mass is 9.94. The van der Waals surface area contributed by atoms with Crippen molar-refractivity contribution in [1.82, 2.24) is 0 Å². The molecule has 0 amide bonds. The molecule has 2 N–H and O–H groups in total. The van der Waals surface area contributed by atoms with Gasteiger partial charge >= 0.3 is 0 Å². The van der Waals surface area contributed by atoms with Gasteiger partial charge < -0.3 is 10.5 Å². The Kier molecular flexibility index (Phi) is 4.48. The van der Waals surface area contributed by atoms with Crippen LogP contribution in [0.3, 0.4) is 0 Å². The number of halogens is 1. The van der Waals surface area contributed by atoms with E-state index in [1.165, 1.54) is 16.7 Å². The Hall–Kier alpha value is -2.29. The van der Waals surface area contributed by atoms with Crippen LogP contribution >= 0.6 is 11.6 Å². The maximum atomic E-state index is 6.48. The SMILES string of the molecule is NCCC1Cc2cc(-c3ccccc3)cc(-c3ccccc3Cl)c2O1. The van der Waals surface area contributed by atoms with Gasteiger partial charge in [-0.1, -0.05) is 60.1 Å². The number of ether oxygens (including phenoxy) is 1. The van der Waals surface area contributed by atoms with Gasteiger partial charge in [-0.3, -0.25) is 0 Å². The number of hydrogen-bond acceptors (Lipinski definition) is 2. The van der Waals surface area contributed by atoms with Crippen LogP contribution in [-0.4, -0.2) is 12.6 Å². The third-order valence-corrected chi connectivity index (χ3v) is 4.99. The fraction of sp³-hybridized carbons (Fsp3) is 0.182. The molecule has 0 radical (unpaired) electrons. The summed E-state index contributed by atoms with van der Waals surface area (Å²) in [6.45, 7) is 0.631. The number of benzene rings is 3. The van der Waals surface area contributed by atoms with Crippen LogP contribution in [0.2, 0.25) is 5.02 Å². The van der Waals surface area contributed by atoms with E-state index in [1.54, 1.807) is 0 Å². The Morgan fingerprint density at radius 1 is 0.920 bits per heavy atom. The van der Waals surface area contributed by atoms with Crippen LogP contribution in [-0.2, 0) is 6.42 Å². The zero-order valence-electron chi connectivity index (χ0n) is 13.9. The molecule has 0 spiro atoms. The maximum Gasteiger partial charge on any atom is 0.130 e. The van der Waals surface area contributed by atoms with Gasteiger partial charge in [0.1, 0.15) is 11.9 Å². The van der Waals surface area contributed by atoms with Crippen LogP contribution in [0.4, 0.5) is 0 Å². The highest BCUT2D eigenvalue weighted by atomic mass is 35.5. The van der Waals surface area contributed by atoms with Crippen LogP contribution in [0.1, 0.15) is 12.0 Å². The fourth-order valence-electron chi connectivity index (χ4n) is 3.46. The summed E-state index contributed by atoms with van der Waals surface area (Å²) in [5.74, 6) is 0.950. The quantitative estimate of drug-likeness (QED) is 0.691. The van der Waals surface area contributed by atoms with Crippen LogP contribution in [0.15, 0.2) is 66.7 Å². The summed E-state index contributed by atoms with van der Waals surface area (Å²) < 4.78 is 6.24. The molecule has 0 bridgehead atoms. The van der Waals surface area contributed by atoms with Crippen molar-refractivity contribution in [2.24, 2.45) is 5.73 Å². The molecule has 3 heteroatoms. The predicted molar refractivity (Wildman–Crippen MR) is 104 cm³/mol. The summed E-state index contributed by atoms with van der Waals surface area (Å²) in [6, 6.07) is 22.8. The van der Waals surface area contributed by atoms with Gasteiger partial charge in [-0.05, 0) is 47.9 Å². The van der Waals surface area contributed by atoms with E-state index in [-0.39, 0.29) is 6.10 Å². The van der Waals surface area contributed by atoms with Gasteiger partial charge in [0.15, 0.2) is 0 Å². The van der Waals surface area contributed by atoms with Gasteiger partial charge in [0.05, 0.1) is 0 Å². The molecule has 1 atom stereocenters. The third-order valence-electron chi connectivity index (χ3n) is 4.66. The van der Waals surface area contributed by atoms with Crippen molar-refractivity contribution < 1.29 is 4.74 Å². The first kappa shape index (κ1) is 16.2. The van der Waals surface area contributed by atoms with Gasteiger partial charge in [0.25, 0.3) is 0 Å². The fourth-order valence-corrected chi connectivity index (χ4v) is 3.69. The Morgan fingerprint density at radius 2 is 1.68 bits per heavy atom. The Morgan fingerprint density at radius 3 is 2.44 bits per heavy atom. The van der Waals surface area contributed by atoms with E-state index in [2.05, 4.69) is 36.4 Å². The average molecular weight is 350 g/mol. The molecular formula is C22H20ClNO. The predicted octanol–water partition coefficient (Wildman–Crippen LogP) is 5.33. The van der Waals surface area contributed by atoms with E-state index in [0.29, 0.717) is 6.54 Å². The molecule has 0 saturated carbocycles. The highest BCUT2D eigenvalue weighted by molar-refractivity contribution is 6.33. The molecule has 126 valence electrons. The minimum absolute atomic E-state index is 0.146. The zero-order valence-corrected chi connectivity index (χ0v) is 14.7. The second-order valence-corrected chi connectivity index (χ2v) is 6.79. The van der Waals surface area contributed by atoms with E-state index in [4.69, 9.17) is 22.1 Å². The molecule has 2 nitrogen and oxygen atoms in total. The number of nitrogens with two attached hydrogens (primary N) is 1. The van der Waals surface area contributed by atoms with Crippen molar-refractivity contribution in [2.75, 3.05) is 6.54 Å². The van der Waals surface area contributed by atoms with Crippen molar-refractivity contribution in [3.63, 3.8) is 0 Å². The molecule has 4 rings (SSSR count). The minimum atomic E-state index is 0.146. The normalized spacial score (nSPS) is 15.7. The van der Waals surface area contributed by atoms with Gasteiger partial charge in [-0.2, -0.15) is 0 Å². The van der Waals surface area contributed by atoms with Crippen LogP contribution in [0.5, 0.6) is 5.75 Å². The molecule has 3 aromatic carbocycles. The van der Waals surface area contributed by atoms with Crippen molar-refractivity contribution in [3.8, 4) is 28.0 Å². The minimum Gasteiger partial charge on any atom is -0.489 e. The van der Waals surface area contributed by atoms with E-state index < -0.39 is 0 Å². The first-order valence-corrected chi connectivity index (χ1v) is 8.98. The first-order chi connectivity index (χ1) is 12.3. The number of fused-ring (bicyclic) bond motifs is 1. The number of rotatable bonds is 4. The van der Waals surface area contributed by atoms with Crippen molar-refractivity contribution in [2.45, 2.75) is 18.9 Å². The largest absolute Gasteiger partial charge is 0.489 e. The summed E-state index contributed by atoms with van der Waals surface area (Å²) in [5.41, 5.74) is 11.4. The molecule has 0 aliphatic carbocycles. The summed E-state index contributed by atoms with van der Waals surface area (Å²) >= 11 is 6.48. The molecule has 3 aromatic rings. The van der Waals surface area contributed by atoms with E-state index in [0.717, 1.165) is 34.7 Å². The summed E-state index contributed by atoms with van der Waals surface area (Å²) in [7, 11) is 0. The van der Waals surface area contributed by atoms with Gasteiger partial charge in [-0.15, -0.1) is 0 Å². The van der Waals surface area contributed by atoms with Gasteiger partial charge in [0.2, 0.25) is 0 Å².